The fourth-order valence-corrected chi connectivity index (χ4v) is 2.19. The SMILES string of the molecule is CC(C)NCc1ccc(-c2cncc(C#N)c2)c(Cl)c1. The lowest BCUT2D eigenvalue weighted by molar-refractivity contribution is 0.589. The molecule has 0 aliphatic heterocycles. The summed E-state index contributed by atoms with van der Waals surface area (Å²) in [4.78, 5) is 4.06. The van der Waals surface area contributed by atoms with Gasteiger partial charge in [0.1, 0.15) is 6.07 Å². The van der Waals surface area contributed by atoms with Crippen molar-refractivity contribution in [3.63, 3.8) is 0 Å². The first-order valence-electron chi connectivity index (χ1n) is 6.47. The Morgan fingerprint density at radius 2 is 2.10 bits per heavy atom. The summed E-state index contributed by atoms with van der Waals surface area (Å²) < 4.78 is 0. The predicted octanol–water partition coefficient (Wildman–Crippen LogP) is 3.77. The van der Waals surface area contributed by atoms with Gasteiger partial charge in [-0.1, -0.05) is 37.6 Å². The summed E-state index contributed by atoms with van der Waals surface area (Å²) in [5, 5.41) is 12.9. The Kier molecular flexibility index (Phi) is 4.73. The Balaban J connectivity index is 2.27. The van der Waals surface area contributed by atoms with Crippen LogP contribution in [0.4, 0.5) is 0 Å². The molecule has 0 bridgehead atoms. The molecule has 102 valence electrons. The van der Waals surface area contributed by atoms with Crippen LogP contribution in [-0.4, -0.2) is 11.0 Å². The molecule has 0 amide bonds. The summed E-state index contributed by atoms with van der Waals surface area (Å²) in [7, 11) is 0. The molecule has 1 heterocycles. The second-order valence-electron chi connectivity index (χ2n) is 4.92. The highest BCUT2D eigenvalue weighted by atomic mass is 35.5. The van der Waals surface area contributed by atoms with Crippen LogP contribution in [0.3, 0.4) is 0 Å². The largest absolute Gasteiger partial charge is 0.310 e. The van der Waals surface area contributed by atoms with E-state index in [1.54, 1.807) is 18.5 Å². The number of nitriles is 1. The van der Waals surface area contributed by atoms with E-state index in [0.29, 0.717) is 16.6 Å². The third kappa shape index (κ3) is 3.57. The fourth-order valence-electron chi connectivity index (χ4n) is 1.87. The molecular weight excluding hydrogens is 270 g/mol. The smallest absolute Gasteiger partial charge is 0.101 e. The summed E-state index contributed by atoms with van der Waals surface area (Å²) >= 11 is 6.34. The minimum atomic E-state index is 0.435. The van der Waals surface area contributed by atoms with Gasteiger partial charge in [0, 0.05) is 41.1 Å². The van der Waals surface area contributed by atoms with Gasteiger partial charge in [-0.05, 0) is 17.7 Å². The standard InChI is InChI=1S/C16H16ClN3/c1-11(2)20-9-12-3-4-15(16(17)6-12)14-5-13(7-18)8-19-10-14/h3-6,8,10-11,20H,9H2,1-2H3. The Morgan fingerprint density at radius 1 is 1.30 bits per heavy atom. The predicted molar refractivity (Wildman–Crippen MR) is 81.4 cm³/mol. The molecule has 2 aromatic rings. The lowest BCUT2D eigenvalue weighted by Gasteiger charge is -2.10. The molecule has 0 spiro atoms. The van der Waals surface area contributed by atoms with Gasteiger partial charge in [-0.15, -0.1) is 0 Å². The zero-order valence-corrected chi connectivity index (χ0v) is 12.3. The molecule has 4 heteroatoms. The van der Waals surface area contributed by atoms with Gasteiger partial charge in [-0.25, -0.2) is 0 Å². The van der Waals surface area contributed by atoms with Crippen molar-refractivity contribution in [3.8, 4) is 17.2 Å². The number of hydrogen-bond donors (Lipinski definition) is 1. The van der Waals surface area contributed by atoms with Gasteiger partial charge in [0.05, 0.1) is 5.56 Å². The number of rotatable bonds is 4. The molecule has 1 N–H and O–H groups in total. The van der Waals surface area contributed by atoms with E-state index in [1.165, 1.54) is 0 Å². The van der Waals surface area contributed by atoms with Crippen LogP contribution in [0, 0.1) is 11.3 Å². The van der Waals surface area contributed by atoms with Crippen molar-refractivity contribution in [3.05, 3.63) is 52.8 Å². The van der Waals surface area contributed by atoms with Gasteiger partial charge < -0.3 is 5.32 Å². The highest BCUT2D eigenvalue weighted by Crippen LogP contribution is 2.28. The number of nitrogens with zero attached hydrogens (tertiary/aromatic N) is 2. The van der Waals surface area contributed by atoms with Crippen LogP contribution < -0.4 is 5.32 Å². The second kappa shape index (κ2) is 6.51. The van der Waals surface area contributed by atoms with Crippen LogP contribution in [0.15, 0.2) is 36.7 Å². The van der Waals surface area contributed by atoms with E-state index >= 15 is 0 Å². The summed E-state index contributed by atoms with van der Waals surface area (Å²) in [6, 6.07) is 10.3. The summed E-state index contributed by atoms with van der Waals surface area (Å²) in [5.41, 5.74) is 3.42. The molecule has 3 nitrogen and oxygen atoms in total. The highest BCUT2D eigenvalue weighted by molar-refractivity contribution is 6.33. The maximum Gasteiger partial charge on any atom is 0.101 e. The van der Waals surface area contributed by atoms with E-state index in [0.717, 1.165) is 23.2 Å². The number of benzene rings is 1. The van der Waals surface area contributed by atoms with Crippen LogP contribution in [0.2, 0.25) is 5.02 Å². The summed E-state index contributed by atoms with van der Waals surface area (Å²) in [5.74, 6) is 0. The average Bonchev–Trinajstić information content (AvgIpc) is 2.45. The molecule has 0 aliphatic rings. The van der Waals surface area contributed by atoms with Gasteiger partial charge in [0.25, 0.3) is 0 Å². The third-order valence-electron chi connectivity index (χ3n) is 2.93. The van der Waals surface area contributed by atoms with E-state index in [4.69, 9.17) is 16.9 Å². The zero-order valence-electron chi connectivity index (χ0n) is 11.5. The van der Waals surface area contributed by atoms with Crippen LogP contribution in [0.25, 0.3) is 11.1 Å². The van der Waals surface area contributed by atoms with E-state index in [9.17, 15) is 0 Å². The first-order chi connectivity index (χ1) is 9.60. The number of nitrogens with one attached hydrogen (secondary N) is 1. The van der Waals surface area contributed by atoms with Gasteiger partial charge in [-0.2, -0.15) is 5.26 Å². The lowest BCUT2D eigenvalue weighted by atomic mass is 10.0. The summed E-state index contributed by atoms with van der Waals surface area (Å²) in [6.07, 6.45) is 3.26. The third-order valence-corrected chi connectivity index (χ3v) is 3.24. The molecule has 0 saturated heterocycles. The Hall–Kier alpha value is -1.89. The van der Waals surface area contributed by atoms with E-state index in [1.807, 2.05) is 18.2 Å². The molecular formula is C16H16ClN3. The van der Waals surface area contributed by atoms with Gasteiger partial charge in [-0.3, -0.25) is 4.98 Å². The average molecular weight is 286 g/mol. The molecule has 1 aromatic heterocycles. The maximum absolute atomic E-state index is 8.91. The van der Waals surface area contributed by atoms with Crippen molar-refractivity contribution in [2.24, 2.45) is 0 Å². The zero-order chi connectivity index (χ0) is 14.5. The fraction of sp³-hybridized carbons (Fsp3) is 0.250. The first-order valence-corrected chi connectivity index (χ1v) is 6.85. The van der Waals surface area contributed by atoms with Crippen molar-refractivity contribution in [1.29, 1.82) is 5.26 Å². The van der Waals surface area contributed by atoms with Gasteiger partial charge in [0.15, 0.2) is 0 Å². The molecule has 20 heavy (non-hydrogen) atoms. The van der Waals surface area contributed by atoms with Crippen LogP contribution >= 0.6 is 11.6 Å². The molecule has 0 aliphatic carbocycles. The number of hydrogen-bond acceptors (Lipinski definition) is 3. The van der Waals surface area contributed by atoms with Crippen LogP contribution in [-0.2, 0) is 6.54 Å². The van der Waals surface area contributed by atoms with Gasteiger partial charge in [0.2, 0.25) is 0 Å². The van der Waals surface area contributed by atoms with E-state index < -0.39 is 0 Å². The lowest BCUT2D eigenvalue weighted by Crippen LogP contribution is -2.21. The Morgan fingerprint density at radius 3 is 2.75 bits per heavy atom. The number of aromatic nitrogens is 1. The number of halogens is 1. The molecule has 0 radical (unpaired) electrons. The quantitative estimate of drug-likeness (QED) is 0.930. The van der Waals surface area contributed by atoms with Crippen LogP contribution in [0.5, 0.6) is 0 Å². The summed E-state index contributed by atoms with van der Waals surface area (Å²) in [6.45, 7) is 5.00. The molecule has 0 saturated carbocycles. The highest BCUT2D eigenvalue weighted by Gasteiger charge is 2.06. The van der Waals surface area contributed by atoms with Crippen LogP contribution in [0.1, 0.15) is 25.0 Å². The number of pyridine rings is 1. The van der Waals surface area contributed by atoms with Crippen molar-refractivity contribution in [1.82, 2.24) is 10.3 Å². The van der Waals surface area contributed by atoms with Crippen molar-refractivity contribution in [2.75, 3.05) is 0 Å². The van der Waals surface area contributed by atoms with Gasteiger partial charge >= 0.3 is 0 Å². The van der Waals surface area contributed by atoms with Crippen molar-refractivity contribution in [2.45, 2.75) is 26.4 Å². The van der Waals surface area contributed by atoms with Crippen molar-refractivity contribution >= 4 is 11.6 Å². The Labute approximate surface area is 124 Å². The van der Waals surface area contributed by atoms with E-state index in [2.05, 4.69) is 30.2 Å². The van der Waals surface area contributed by atoms with Crippen molar-refractivity contribution < 1.29 is 0 Å². The first kappa shape index (κ1) is 14.5. The molecule has 2 rings (SSSR count). The monoisotopic (exact) mass is 285 g/mol. The Bertz CT molecular complexity index is 644. The normalized spacial score (nSPS) is 10.6. The topological polar surface area (TPSA) is 48.7 Å². The molecule has 0 fully saturated rings. The second-order valence-corrected chi connectivity index (χ2v) is 5.33. The molecule has 0 atom stereocenters. The van der Waals surface area contributed by atoms with E-state index in [-0.39, 0.29) is 0 Å². The molecule has 0 unspecified atom stereocenters. The minimum Gasteiger partial charge on any atom is -0.310 e. The molecule has 1 aromatic carbocycles. The maximum atomic E-state index is 8.91. The minimum absolute atomic E-state index is 0.435.